The fourth-order valence-corrected chi connectivity index (χ4v) is 5.79. The van der Waals surface area contributed by atoms with Crippen molar-refractivity contribution in [1.29, 1.82) is 0 Å². The highest BCUT2D eigenvalue weighted by Crippen LogP contribution is 2.36. The maximum Gasteiger partial charge on any atom is 0.333 e. The van der Waals surface area contributed by atoms with E-state index in [1.807, 2.05) is 30.3 Å². The number of hydrogen-bond acceptors (Lipinski definition) is 8. The zero-order valence-corrected chi connectivity index (χ0v) is 21.5. The molecule has 1 fully saturated rings. The SMILES string of the molecule is Cc1c(-c2ncco2)sc2c1c(=O)n(C(C)(C)C(=O)O)c(=O)n2C[C@@H](O[C@@H]1CCOC1)c1ccccc1. The number of aliphatic carboxylic acids is 1. The zero-order chi connectivity index (χ0) is 26.3. The third kappa shape index (κ3) is 4.43. The normalized spacial score (nSPS) is 16.9. The van der Waals surface area contributed by atoms with E-state index in [1.165, 1.54) is 42.2 Å². The molecule has 1 aromatic carbocycles. The Kier molecular flexibility index (Phi) is 6.61. The van der Waals surface area contributed by atoms with Crippen molar-refractivity contribution in [3.05, 3.63) is 74.8 Å². The summed E-state index contributed by atoms with van der Waals surface area (Å²) < 4.78 is 19.6. The highest BCUT2D eigenvalue weighted by molar-refractivity contribution is 7.22. The van der Waals surface area contributed by atoms with E-state index < -0.39 is 28.9 Å². The number of carboxylic acids is 1. The Morgan fingerprint density at radius 2 is 2.05 bits per heavy atom. The first kappa shape index (κ1) is 25.1. The van der Waals surface area contributed by atoms with Gasteiger partial charge >= 0.3 is 11.7 Å². The van der Waals surface area contributed by atoms with E-state index in [-0.39, 0.29) is 18.0 Å². The lowest BCUT2D eigenvalue weighted by atomic mass is 10.1. The number of aryl methyl sites for hydroxylation is 1. The molecule has 10 nitrogen and oxygen atoms in total. The van der Waals surface area contributed by atoms with Gasteiger partial charge in [0.25, 0.3) is 5.56 Å². The number of nitrogens with zero attached hydrogens (tertiary/aromatic N) is 3. The maximum atomic E-state index is 13.9. The van der Waals surface area contributed by atoms with E-state index in [1.54, 1.807) is 6.92 Å². The van der Waals surface area contributed by atoms with Gasteiger partial charge in [-0.25, -0.2) is 19.1 Å². The van der Waals surface area contributed by atoms with Crippen LogP contribution in [0.3, 0.4) is 0 Å². The third-order valence-corrected chi connectivity index (χ3v) is 7.99. The first-order chi connectivity index (χ1) is 17.7. The number of aromatic nitrogens is 3. The van der Waals surface area contributed by atoms with Crippen molar-refractivity contribution in [2.45, 2.75) is 51.5 Å². The molecule has 37 heavy (non-hydrogen) atoms. The van der Waals surface area contributed by atoms with Gasteiger partial charge in [0.05, 0.1) is 35.7 Å². The van der Waals surface area contributed by atoms with Gasteiger partial charge in [0.2, 0.25) is 5.89 Å². The van der Waals surface area contributed by atoms with Crippen molar-refractivity contribution in [2.24, 2.45) is 0 Å². The molecule has 0 amide bonds. The highest BCUT2D eigenvalue weighted by atomic mass is 32.1. The van der Waals surface area contributed by atoms with Crippen LogP contribution in [-0.2, 0) is 26.4 Å². The Morgan fingerprint density at radius 1 is 1.30 bits per heavy atom. The average Bonchev–Trinajstić information content (AvgIpc) is 3.63. The number of hydrogen-bond donors (Lipinski definition) is 1. The van der Waals surface area contributed by atoms with Crippen molar-refractivity contribution in [3.8, 4) is 10.8 Å². The van der Waals surface area contributed by atoms with Crippen molar-refractivity contribution < 1.29 is 23.8 Å². The molecule has 1 aliphatic heterocycles. The van der Waals surface area contributed by atoms with Crippen LogP contribution >= 0.6 is 11.3 Å². The molecule has 4 heterocycles. The minimum atomic E-state index is -1.79. The van der Waals surface area contributed by atoms with Gasteiger partial charge in [0, 0.05) is 6.61 Å². The van der Waals surface area contributed by atoms with Gasteiger partial charge in [0.15, 0.2) is 0 Å². The molecule has 0 spiro atoms. The summed E-state index contributed by atoms with van der Waals surface area (Å²) >= 11 is 1.21. The van der Waals surface area contributed by atoms with Crippen LogP contribution in [0.5, 0.6) is 0 Å². The standard InChI is InChI=1S/C26H27N3O7S/c1-15-19-22(30)29(26(2,3)24(31)32)25(33)28(23(19)37-20(15)21-27-10-12-35-21)13-18(16-7-5-4-6-8-16)36-17-9-11-34-14-17/h4-8,10,12,17-18H,9,11,13-14H2,1-3H3,(H,31,32)/t17-,18-/m1/s1. The summed E-state index contributed by atoms with van der Waals surface area (Å²) in [4.78, 5) is 45.0. The second-order valence-electron chi connectivity index (χ2n) is 9.49. The summed E-state index contributed by atoms with van der Waals surface area (Å²) in [5.74, 6) is -0.975. The monoisotopic (exact) mass is 525 g/mol. The minimum absolute atomic E-state index is 0.0663. The third-order valence-electron chi connectivity index (χ3n) is 6.69. The lowest BCUT2D eigenvalue weighted by Crippen LogP contribution is -2.52. The van der Waals surface area contributed by atoms with Gasteiger partial charge in [-0.05, 0) is 38.3 Å². The highest BCUT2D eigenvalue weighted by Gasteiger charge is 2.36. The molecule has 4 aromatic rings. The van der Waals surface area contributed by atoms with Gasteiger partial charge < -0.3 is 19.0 Å². The fourth-order valence-electron chi connectivity index (χ4n) is 4.55. The Morgan fingerprint density at radius 3 is 2.68 bits per heavy atom. The number of carboxylic acid groups (broad SMARTS) is 1. The quantitative estimate of drug-likeness (QED) is 0.370. The number of benzene rings is 1. The van der Waals surface area contributed by atoms with Crippen molar-refractivity contribution in [3.63, 3.8) is 0 Å². The molecule has 1 aliphatic rings. The molecule has 0 bridgehead atoms. The summed E-state index contributed by atoms with van der Waals surface area (Å²) in [6, 6.07) is 9.50. The summed E-state index contributed by atoms with van der Waals surface area (Å²) in [7, 11) is 0. The van der Waals surface area contributed by atoms with E-state index in [0.29, 0.717) is 34.4 Å². The zero-order valence-electron chi connectivity index (χ0n) is 20.7. The first-order valence-electron chi connectivity index (χ1n) is 11.9. The molecule has 1 saturated heterocycles. The number of carbonyl (C=O) groups is 1. The summed E-state index contributed by atoms with van der Waals surface area (Å²) in [6.07, 6.45) is 2.97. The molecule has 11 heteroatoms. The number of fused-ring (bicyclic) bond motifs is 1. The van der Waals surface area contributed by atoms with E-state index in [4.69, 9.17) is 13.9 Å². The number of oxazole rings is 1. The summed E-state index contributed by atoms with van der Waals surface area (Å²) in [5.41, 5.74) is -1.76. The molecule has 0 aliphatic carbocycles. The summed E-state index contributed by atoms with van der Waals surface area (Å²) in [6.45, 7) is 5.53. The average molecular weight is 526 g/mol. The second-order valence-corrected chi connectivity index (χ2v) is 10.5. The largest absolute Gasteiger partial charge is 0.480 e. The predicted molar refractivity (Wildman–Crippen MR) is 137 cm³/mol. The van der Waals surface area contributed by atoms with Crippen LogP contribution in [0.15, 0.2) is 56.8 Å². The van der Waals surface area contributed by atoms with Gasteiger partial charge in [-0.15, -0.1) is 11.3 Å². The van der Waals surface area contributed by atoms with Crippen LogP contribution in [0.2, 0.25) is 0 Å². The first-order valence-corrected chi connectivity index (χ1v) is 12.7. The lowest BCUT2D eigenvalue weighted by Gasteiger charge is -2.26. The van der Waals surface area contributed by atoms with Crippen molar-refractivity contribution in [2.75, 3.05) is 13.2 Å². The molecule has 3 aromatic heterocycles. The molecular weight excluding hydrogens is 498 g/mol. The molecule has 5 rings (SSSR count). The van der Waals surface area contributed by atoms with Crippen LogP contribution in [0.1, 0.15) is 37.5 Å². The lowest BCUT2D eigenvalue weighted by molar-refractivity contribution is -0.146. The fraction of sp³-hybridized carbons (Fsp3) is 0.385. The van der Waals surface area contributed by atoms with E-state index in [9.17, 15) is 19.5 Å². The molecule has 0 radical (unpaired) electrons. The molecular formula is C26H27N3O7S. The summed E-state index contributed by atoms with van der Waals surface area (Å²) in [5, 5.41) is 10.2. The Bertz CT molecular complexity index is 1550. The molecule has 0 unspecified atom stereocenters. The molecule has 1 N–H and O–H groups in total. The second kappa shape index (κ2) is 9.73. The van der Waals surface area contributed by atoms with Crippen LogP contribution in [0, 0.1) is 6.92 Å². The smallest absolute Gasteiger partial charge is 0.333 e. The van der Waals surface area contributed by atoms with E-state index >= 15 is 0 Å². The van der Waals surface area contributed by atoms with Gasteiger partial charge in [-0.2, -0.15) is 0 Å². The topological polar surface area (TPSA) is 126 Å². The number of ether oxygens (including phenoxy) is 2. The Hall–Kier alpha value is -3.54. The molecule has 2 atom stereocenters. The van der Waals surface area contributed by atoms with Crippen LogP contribution in [-0.4, -0.2) is 44.5 Å². The van der Waals surface area contributed by atoms with E-state index in [2.05, 4.69) is 4.98 Å². The van der Waals surface area contributed by atoms with Gasteiger partial charge in [-0.1, -0.05) is 30.3 Å². The van der Waals surface area contributed by atoms with Gasteiger partial charge in [0.1, 0.15) is 22.7 Å². The molecule has 194 valence electrons. The van der Waals surface area contributed by atoms with Crippen molar-refractivity contribution >= 4 is 27.5 Å². The molecule has 0 saturated carbocycles. The van der Waals surface area contributed by atoms with Crippen LogP contribution in [0.25, 0.3) is 21.0 Å². The Labute approximate surface area is 215 Å². The number of rotatable bonds is 8. The maximum absolute atomic E-state index is 13.9. The number of thiophene rings is 1. The van der Waals surface area contributed by atoms with E-state index in [0.717, 1.165) is 16.6 Å². The Balaban J connectivity index is 1.75. The minimum Gasteiger partial charge on any atom is -0.480 e. The predicted octanol–water partition coefficient (Wildman–Crippen LogP) is 3.55. The van der Waals surface area contributed by atoms with Crippen LogP contribution in [0.4, 0.5) is 0 Å². The van der Waals surface area contributed by atoms with Gasteiger partial charge in [-0.3, -0.25) is 9.36 Å². The van der Waals surface area contributed by atoms with Crippen LogP contribution < -0.4 is 11.2 Å². The van der Waals surface area contributed by atoms with Crippen molar-refractivity contribution in [1.82, 2.24) is 14.1 Å².